The van der Waals surface area contributed by atoms with E-state index in [1.165, 1.54) is 43.2 Å². The van der Waals surface area contributed by atoms with Crippen molar-refractivity contribution in [3.05, 3.63) is 23.3 Å². The molecule has 2 heteroatoms. The number of anilines is 1. The van der Waals surface area contributed by atoms with Gasteiger partial charge in [0, 0.05) is 0 Å². The largest absolute Gasteiger partial charge is 0.489 e. The first-order valence-corrected chi connectivity index (χ1v) is 7.14. The van der Waals surface area contributed by atoms with Crippen LogP contribution in [-0.2, 0) is 0 Å². The van der Waals surface area contributed by atoms with Crippen LogP contribution in [0, 0.1) is 6.92 Å². The molecule has 1 aromatic rings. The average Bonchev–Trinajstić information content (AvgIpc) is 2.33. The molecule has 100 valence electrons. The molecule has 0 aliphatic heterocycles. The van der Waals surface area contributed by atoms with Gasteiger partial charge in [0.15, 0.2) is 0 Å². The zero-order valence-electron chi connectivity index (χ0n) is 11.8. The van der Waals surface area contributed by atoms with Gasteiger partial charge in [-0.15, -0.1) is 0 Å². The summed E-state index contributed by atoms with van der Waals surface area (Å²) in [4.78, 5) is 0. The first-order chi connectivity index (χ1) is 8.58. The van der Waals surface area contributed by atoms with Crippen molar-refractivity contribution in [1.82, 2.24) is 0 Å². The Hall–Kier alpha value is -1.18. The molecule has 1 saturated carbocycles. The van der Waals surface area contributed by atoms with E-state index in [2.05, 4.69) is 19.1 Å². The Morgan fingerprint density at radius 2 is 1.83 bits per heavy atom. The van der Waals surface area contributed by atoms with Crippen molar-refractivity contribution in [2.45, 2.75) is 64.9 Å². The minimum Gasteiger partial charge on any atom is -0.489 e. The molecule has 1 fully saturated rings. The second kappa shape index (κ2) is 5.64. The zero-order valence-corrected chi connectivity index (χ0v) is 11.8. The number of nitrogen functional groups attached to an aromatic ring is 1. The number of hydrogen-bond acceptors (Lipinski definition) is 2. The van der Waals surface area contributed by atoms with Crippen molar-refractivity contribution in [2.75, 3.05) is 5.73 Å². The van der Waals surface area contributed by atoms with Crippen LogP contribution in [0.3, 0.4) is 0 Å². The maximum atomic E-state index is 6.04. The molecule has 18 heavy (non-hydrogen) atoms. The molecule has 0 atom stereocenters. The minimum atomic E-state index is 0.175. The van der Waals surface area contributed by atoms with E-state index in [-0.39, 0.29) is 6.10 Å². The molecular formula is C16H25NO. The van der Waals surface area contributed by atoms with Gasteiger partial charge in [-0.05, 0) is 62.8 Å². The van der Waals surface area contributed by atoms with Gasteiger partial charge in [-0.1, -0.05) is 19.3 Å². The van der Waals surface area contributed by atoms with Gasteiger partial charge < -0.3 is 10.5 Å². The maximum absolute atomic E-state index is 6.04. The predicted molar refractivity (Wildman–Crippen MR) is 77.2 cm³/mol. The number of rotatable bonds is 3. The van der Waals surface area contributed by atoms with Crippen molar-refractivity contribution < 1.29 is 4.74 Å². The predicted octanol–water partition coefficient (Wildman–Crippen LogP) is 4.41. The Balaban J connectivity index is 2.28. The molecule has 2 N–H and O–H groups in total. The Labute approximate surface area is 111 Å². The molecule has 0 saturated heterocycles. The monoisotopic (exact) mass is 247 g/mol. The summed E-state index contributed by atoms with van der Waals surface area (Å²) in [6, 6.07) is 4.25. The summed E-state index contributed by atoms with van der Waals surface area (Å²) in [6.07, 6.45) is 6.90. The molecule has 0 spiro atoms. The highest BCUT2D eigenvalue weighted by Crippen LogP contribution is 2.38. The van der Waals surface area contributed by atoms with E-state index >= 15 is 0 Å². The molecule has 0 bridgehead atoms. The second-order valence-electron chi connectivity index (χ2n) is 5.75. The van der Waals surface area contributed by atoms with Gasteiger partial charge in [0.05, 0.1) is 11.8 Å². The van der Waals surface area contributed by atoms with Gasteiger partial charge in [0.2, 0.25) is 0 Å². The fraction of sp³-hybridized carbons (Fsp3) is 0.625. The maximum Gasteiger partial charge on any atom is 0.142 e. The number of nitrogens with two attached hydrogens (primary N) is 1. The van der Waals surface area contributed by atoms with Crippen molar-refractivity contribution >= 4 is 5.69 Å². The van der Waals surface area contributed by atoms with E-state index < -0.39 is 0 Å². The highest BCUT2D eigenvalue weighted by molar-refractivity contribution is 5.57. The Bertz CT molecular complexity index is 406. The molecule has 2 nitrogen and oxygen atoms in total. The number of hydrogen-bond donors (Lipinski definition) is 1. The lowest BCUT2D eigenvalue weighted by molar-refractivity contribution is 0.243. The fourth-order valence-electron chi connectivity index (χ4n) is 2.94. The van der Waals surface area contributed by atoms with Crippen LogP contribution in [0.5, 0.6) is 5.75 Å². The van der Waals surface area contributed by atoms with Crippen LogP contribution < -0.4 is 10.5 Å². The zero-order chi connectivity index (χ0) is 13.1. The van der Waals surface area contributed by atoms with Gasteiger partial charge in [-0.2, -0.15) is 0 Å². The van der Waals surface area contributed by atoms with Crippen molar-refractivity contribution in [1.29, 1.82) is 0 Å². The molecule has 0 radical (unpaired) electrons. The normalized spacial score (nSPS) is 17.1. The second-order valence-corrected chi connectivity index (χ2v) is 5.75. The van der Waals surface area contributed by atoms with Crippen LogP contribution >= 0.6 is 0 Å². The van der Waals surface area contributed by atoms with Gasteiger partial charge in [0.25, 0.3) is 0 Å². The van der Waals surface area contributed by atoms with E-state index in [1.54, 1.807) is 0 Å². The third-order valence-corrected chi connectivity index (χ3v) is 3.81. The molecule has 1 aliphatic rings. The number of aryl methyl sites for hydroxylation is 1. The van der Waals surface area contributed by atoms with Crippen LogP contribution in [-0.4, -0.2) is 6.10 Å². The van der Waals surface area contributed by atoms with Crippen LogP contribution in [0.2, 0.25) is 0 Å². The molecule has 0 heterocycles. The summed E-state index contributed by atoms with van der Waals surface area (Å²) in [5.41, 5.74) is 9.57. The fourth-order valence-corrected chi connectivity index (χ4v) is 2.94. The van der Waals surface area contributed by atoms with Crippen molar-refractivity contribution in [2.24, 2.45) is 0 Å². The summed E-state index contributed by atoms with van der Waals surface area (Å²) in [6.45, 7) is 6.25. The third-order valence-electron chi connectivity index (χ3n) is 3.81. The quantitative estimate of drug-likeness (QED) is 0.803. The molecule has 0 unspecified atom stereocenters. The van der Waals surface area contributed by atoms with Crippen LogP contribution in [0.4, 0.5) is 5.69 Å². The van der Waals surface area contributed by atoms with Gasteiger partial charge in [-0.25, -0.2) is 0 Å². The Morgan fingerprint density at radius 3 is 2.44 bits per heavy atom. The van der Waals surface area contributed by atoms with Gasteiger partial charge in [-0.3, -0.25) is 0 Å². The topological polar surface area (TPSA) is 35.2 Å². The average molecular weight is 247 g/mol. The lowest BCUT2D eigenvalue weighted by Crippen LogP contribution is -2.11. The van der Waals surface area contributed by atoms with E-state index in [9.17, 15) is 0 Å². The van der Waals surface area contributed by atoms with Crippen LogP contribution in [0.1, 0.15) is 63.0 Å². The lowest BCUT2D eigenvalue weighted by Gasteiger charge is -2.25. The number of ether oxygens (including phenoxy) is 1. The lowest BCUT2D eigenvalue weighted by atomic mass is 9.82. The summed E-state index contributed by atoms with van der Waals surface area (Å²) < 4.78 is 5.81. The molecule has 0 amide bonds. The Morgan fingerprint density at radius 1 is 1.17 bits per heavy atom. The van der Waals surface area contributed by atoms with E-state index in [4.69, 9.17) is 10.5 Å². The number of benzene rings is 1. The van der Waals surface area contributed by atoms with Crippen LogP contribution in [0.25, 0.3) is 0 Å². The van der Waals surface area contributed by atoms with Crippen LogP contribution in [0.15, 0.2) is 12.1 Å². The van der Waals surface area contributed by atoms with E-state index in [0.29, 0.717) is 5.92 Å². The van der Waals surface area contributed by atoms with E-state index in [0.717, 1.165) is 11.4 Å². The van der Waals surface area contributed by atoms with E-state index in [1.807, 2.05) is 13.8 Å². The first-order valence-electron chi connectivity index (χ1n) is 7.14. The highest BCUT2D eigenvalue weighted by atomic mass is 16.5. The summed E-state index contributed by atoms with van der Waals surface area (Å²) in [7, 11) is 0. The molecule has 0 aromatic heterocycles. The molecule has 1 aliphatic carbocycles. The first kappa shape index (κ1) is 13.3. The summed E-state index contributed by atoms with van der Waals surface area (Å²) in [5.74, 6) is 1.56. The highest BCUT2D eigenvalue weighted by Gasteiger charge is 2.19. The standard InChI is InChI=1S/C16H25NO/c1-11(2)18-16-10-14(12(3)9-15(16)17)13-7-5-4-6-8-13/h9-11,13H,4-8,17H2,1-3H3. The summed E-state index contributed by atoms with van der Waals surface area (Å²) in [5, 5.41) is 0. The molecular weight excluding hydrogens is 222 g/mol. The molecule has 2 rings (SSSR count). The Kier molecular flexibility index (Phi) is 4.15. The van der Waals surface area contributed by atoms with Gasteiger partial charge in [0.1, 0.15) is 5.75 Å². The summed E-state index contributed by atoms with van der Waals surface area (Å²) >= 11 is 0. The SMILES string of the molecule is Cc1cc(N)c(OC(C)C)cc1C1CCCCC1. The van der Waals surface area contributed by atoms with Crippen molar-refractivity contribution in [3.63, 3.8) is 0 Å². The van der Waals surface area contributed by atoms with Gasteiger partial charge >= 0.3 is 0 Å². The van der Waals surface area contributed by atoms with Crippen molar-refractivity contribution in [3.8, 4) is 5.75 Å². The smallest absolute Gasteiger partial charge is 0.142 e. The molecule has 1 aromatic carbocycles. The third kappa shape index (κ3) is 2.98. The minimum absolute atomic E-state index is 0.175.